The lowest BCUT2D eigenvalue weighted by Crippen LogP contribution is -2.61. The van der Waals surface area contributed by atoms with Gasteiger partial charge >= 0.3 is 6.85 Å². The van der Waals surface area contributed by atoms with Gasteiger partial charge in [-0.2, -0.15) is 0 Å². The minimum Gasteiger partial charge on any atom is -0.376 e. The summed E-state index contributed by atoms with van der Waals surface area (Å²) in [5.41, 5.74) is 17.1. The topological polar surface area (TPSA) is 8.17 Å². The van der Waals surface area contributed by atoms with E-state index in [2.05, 4.69) is 175 Å². The first-order valence-electron chi connectivity index (χ1n) is 18.6. The van der Waals surface area contributed by atoms with E-state index < -0.39 is 0 Å². The van der Waals surface area contributed by atoms with Crippen molar-refractivity contribution in [3.05, 3.63) is 163 Å². The fraction of sp³-hybridized carbons (Fsp3) is 0.0612. The Labute approximate surface area is 311 Å². The van der Waals surface area contributed by atoms with Crippen LogP contribution in [0.4, 0.5) is 11.4 Å². The Bertz CT molecular complexity index is 3280. The van der Waals surface area contributed by atoms with Gasteiger partial charge in [0.05, 0.1) is 11.0 Å². The molecule has 0 bridgehead atoms. The molecule has 10 aromatic rings. The fourth-order valence-electron chi connectivity index (χ4n) is 10.5. The van der Waals surface area contributed by atoms with Gasteiger partial charge in [-0.1, -0.05) is 123 Å². The standard InChI is InChI=1S/C49H31BN2S/c1-49(2)37-19-12-20-39-46(37)51-47-38(49)25-28-13-6-7-16-31(28)43(47)44-35(29-23-24-34-33-18-9-11-22-41(33)53-42(34)26-29)27-36-32-17-8-10-21-40(32)52(30-14-4-3-5-15-30)50(39)45(36)48(44)51/h3-27H,1-2H3. The van der Waals surface area contributed by atoms with E-state index in [4.69, 9.17) is 0 Å². The Kier molecular flexibility index (Phi) is 5.19. The van der Waals surface area contributed by atoms with Crippen molar-refractivity contribution in [3.8, 4) is 27.9 Å². The van der Waals surface area contributed by atoms with Crippen LogP contribution in [0.5, 0.6) is 0 Å². The molecule has 53 heavy (non-hydrogen) atoms. The highest BCUT2D eigenvalue weighted by molar-refractivity contribution is 7.25. The van der Waals surface area contributed by atoms with E-state index in [9.17, 15) is 0 Å². The van der Waals surface area contributed by atoms with Gasteiger partial charge in [0.15, 0.2) is 0 Å². The van der Waals surface area contributed by atoms with Gasteiger partial charge in [0.25, 0.3) is 0 Å². The Morgan fingerprint density at radius 3 is 2.23 bits per heavy atom. The molecule has 0 atom stereocenters. The lowest BCUT2D eigenvalue weighted by Gasteiger charge is -2.44. The molecule has 2 aromatic heterocycles. The van der Waals surface area contributed by atoms with Crippen LogP contribution >= 0.6 is 11.3 Å². The summed E-state index contributed by atoms with van der Waals surface area (Å²) in [5, 5.41) is 8.05. The molecule has 0 amide bonds. The van der Waals surface area contributed by atoms with Gasteiger partial charge in [0.1, 0.15) is 0 Å². The molecule has 2 nitrogen and oxygen atoms in total. The number of hydrogen-bond donors (Lipinski definition) is 0. The van der Waals surface area contributed by atoms with Crippen LogP contribution in [0.2, 0.25) is 0 Å². The molecular weight excluding hydrogens is 659 g/mol. The van der Waals surface area contributed by atoms with Crippen LogP contribution in [0.15, 0.2) is 152 Å². The SMILES string of the molecule is CC1(C)c2cccc3c2-n2c4c5c(cc(-c6ccc7c(c6)sc6ccccc67)c4c4c6ccccc6cc1c42)-c1ccccc1N(c1ccccc1)B35. The molecule has 3 aliphatic rings. The van der Waals surface area contributed by atoms with Crippen molar-refractivity contribution in [1.82, 2.24) is 4.57 Å². The van der Waals surface area contributed by atoms with Gasteiger partial charge in [-0.15, -0.1) is 11.3 Å². The zero-order valence-corrected chi connectivity index (χ0v) is 30.1. The quantitative estimate of drug-likeness (QED) is 0.164. The molecule has 0 aliphatic carbocycles. The van der Waals surface area contributed by atoms with Gasteiger partial charge in [0, 0.05) is 59.0 Å². The maximum absolute atomic E-state index is 2.70. The predicted molar refractivity (Wildman–Crippen MR) is 228 cm³/mol. The number of rotatable bonds is 2. The normalized spacial score (nSPS) is 14.7. The summed E-state index contributed by atoms with van der Waals surface area (Å²) < 4.78 is 5.38. The summed E-state index contributed by atoms with van der Waals surface area (Å²) in [4.78, 5) is 2.62. The third-order valence-electron chi connectivity index (χ3n) is 12.7. The molecule has 0 radical (unpaired) electrons. The Balaban J connectivity index is 1.29. The smallest absolute Gasteiger partial charge is 0.333 e. The maximum Gasteiger partial charge on any atom is 0.333 e. The van der Waals surface area contributed by atoms with E-state index in [1.807, 2.05) is 11.3 Å². The second kappa shape index (κ2) is 9.66. The lowest BCUT2D eigenvalue weighted by atomic mass is 9.43. The van der Waals surface area contributed by atoms with Crippen LogP contribution in [0, 0.1) is 0 Å². The second-order valence-corrected chi connectivity index (χ2v) is 16.7. The van der Waals surface area contributed by atoms with Crippen molar-refractivity contribution in [2.45, 2.75) is 19.3 Å². The van der Waals surface area contributed by atoms with E-state index in [0.717, 1.165) is 0 Å². The number of benzene rings is 8. The zero-order valence-electron chi connectivity index (χ0n) is 29.3. The first kappa shape index (κ1) is 28.5. The lowest BCUT2D eigenvalue weighted by molar-refractivity contribution is 0.632. The average molecular weight is 691 g/mol. The first-order chi connectivity index (χ1) is 26.1. The van der Waals surface area contributed by atoms with Gasteiger partial charge in [-0.3, -0.25) is 0 Å². The van der Waals surface area contributed by atoms with E-state index in [1.165, 1.54) is 114 Å². The fourth-order valence-corrected chi connectivity index (χ4v) is 11.6. The maximum atomic E-state index is 2.70. The Hall–Kier alpha value is -6.10. The summed E-state index contributed by atoms with van der Waals surface area (Å²) >= 11 is 1.90. The molecule has 0 unspecified atom stereocenters. The summed E-state index contributed by atoms with van der Waals surface area (Å²) in [7, 11) is 0. The number of thiophene rings is 1. The molecule has 0 saturated carbocycles. The molecule has 0 fully saturated rings. The molecule has 0 N–H and O–H groups in total. The van der Waals surface area contributed by atoms with Crippen molar-refractivity contribution in [3.63, 3.8) is 0 Å². The molecule has 13 rings (SSSR count). The van der Waals surface area contributed by atoms with Crippen molar-refractivity contribution >= 4 is 93.2 Å². The average Bonchev–Trinajstić information content (AvgIpc) is 3.76. The largest absolute Gasteiger partial charge is 0.376 e. The molecule has 246 valence electrons. The summed E-state index contributed by atoms with van der Waals surface area (Å²) in [6, 6.07) is 57.4. The first-order valence-corrected chi connectivity index (χ1v) is 19.5. The van der Waals surface area contributed by atoms with Crippen LogP contribution in [0.1, 0.15) is 25.0 Å². The van der Waals surface area contributed by atoms with Crippen LogP contribution in [-0.2, 0) is 5.41 Å². The zero-order chi connectivity index (χ0) is 34.7. The van der Waals surface area contributed by atoms with Gasteiger partial charge < -0.3 is 9.38 Å². The van der Waals surface area contributed by atoms with E-state index in [0.29, 0.717) is 0 Å². The van der Waals surface area contributed by atoms with Crippen LogP contribution in [-0.4, -0.2) is 11.4 Å². The summed E-state index contributed by atoms with van der Waals surface area (Å²) in [6.45, 7) is 4.89. The van der Waals surface area contributed by atoms with Gasteiger partial charge in [0.2, 0.25) is 0 Å². The van der Waals surface area contributed by atoms with Crippen LogP contribution in [0.3, 0.4) is 0 Å². The Morgan fingerprint density at radius 2 is 1.32 bits per heavy atom. The predicted octanol–water partition coefficient (Wildman–Crippen LogP) is 11.8. The van der Waals surface area contributed by atoms with Crippen molar-refractivity contribution in [2.75, 3.05) is 4.81 Å². The van der Waals surface area contributed by atoms with Crippen molar-refractivity contribution in [2.24, 2.45) is 0 Å². The number of nitrogens with zero attached hydrogens (tertiary/aromatic N) is 2. The van der Waals surface area contributed by atoms with Gasteiger partial charge in [-0.25, -0.2) is 0 Å². The minimum absolute atomic E-state index is 0.0132. The monoisotopic (exact) mass is 690 g/mol. The summed E-state index contributed by atoms with van der Waals surface area (Å²) in [6.07, 6.45) is 0. The number of hydrogen-bond acceptors (Lipinski definition) is 2. The molecule has 4 heteroatoms. The highest BCUT2D eigenvalue weighted by atomic mass is 32.1. The molecule has 5 heterocycles. The highest BCUT2D eigenvalue weighted by Crippen LogP contribution is 2.54. The number of aromatic nitrogens is 1. The Morgan fingerprint density at radius 1 is 0.547 bits per heavy atom. The highest BCUT2D eigenvalue weighted by Gasteiger charge is 2.48. The molecule has 0 spiro atoms. The van der Waals surface area contributed by atoms with E-state index in [-0.39, 0.29) is 12.3 Å². The second-order valence-electron chi connectivity index (χ2n) is 15.6. The summed E-state index contributed by atoms with van der Waals surface area (Å²) in [5.74, 6) is 0. The van der Waals surface area contributed by atoms with E-state index in [1.54, 1.807) is 0 Å². The number of fused-ring (bicyclic) bond motifs is 9. The van der Waals surface area contributed by atoms with Crippen molar-refractivity contribution in [1.29, 1.82) is 0 Å². The number of para-hydroxylation sites is 3. The minimum atomic E-state index is -0.196. The third-order valence-corrected chi connectivity index (χ3v) is 13.8. The number of anilines is 2. The molecule has 8 aromatic carbocycles. The van der Waals surface area contributed by atoms with Crippen molar-refractivity contribution < 1.29 is 0 Å². The van der Waals surface area contributed by atoms with E-state index >= 15 is 0 Å². The molecule has 0 saturated heterocycles. The van der Waals surface area contributed by atoms with Gasteiger partial charge in [-0.05, 0) is 92.0 Å². The van der Waals surface area contributed by atoms with Crippen LogP contribution in [0.25, 0.3) is 80.7 Å². The third kappa shape index (κ3) is 3.38. The molecular formula is C49H31BN2S. The molecule has 3 aliphatic heterocycles. The van der Waals surface area contributed by atoms with Crippen LogP contribution < -0.4 is 15.7 Å².